The number of urea groups is 1. The van der Waals surface area contributed by atoms with E-state index in [0.717, 1.165) is 11.1 Å². The number of hydrogen-bond acceptors (Lipinski definition) is 4. The average Bonchev–Trinajstić information content (AvgIpc) is 2.97. The highest BCUT2D eigenvalue weighted by Crippen LogP contribution is 2.26. The van der Waals surface area contributed by atoms with Crippen molar-refractivity contribution in [3.8, 4) is 11.3 Å². The minimum atomic E-state index is -0.291. The molecule has 0 saturated carbocycles. The summed E-state index contributed by atoms with van der Waals surface area (Å²) in [6.07, 6.45) is 1.71. The molecule has 1 aliphatic rings. The fourth-order valence-corrected chi connectivity index (χ4v) is 3.46. The maximum atomic E-state index is 12.5. The first kappa shape index (κ1) is 18.7. The maximum Gasteiger partial charge on any atom is 0.331 e. The second kappa shape index (κ2) is 7.39. The van der Waals surface area contributed by atoms with E-state index < -0.39 is 0 Å². The van der Waals surface area contributed by atoms with Crippen molar-refractivity contribution >= 4 is 29.0 Å². The van der Waals surface area contributed by atoms with Crippen molar-refractivity contribution in [3.63, 3.8) is 0 Å². The van der Waals surface area contributed by atoms with Gasteiger partial charge in [0.25, 0.3) is 5.91 Å². The summed E-state index contributed by atoms with van der Waals surface area (Å²) in [7, 11) is 0. The van der Waals surface area contributed by atoms with Crippen LogP contribution in [0.5, 0.6) is 0 Å². The number of rotatable bonds is 4. The zero-order valence-corrected chi connectivity index (χ0v) is 16.2. The molecule has 0 bridgehead atoms. The lowest BCUT2D eigenvalue weighted by molar-refractivity contribution is -0.122. The standard InChI is InChI=1S/C23H20N2O4/c1-3-24-18(22(27)25(4-2)23(24)28)13-15-9-11-16(12-10-15)21-14-19(26)17-7-5-6-8-20(17)29-21/h5-14H,3-4H2,1-2H3/b18-13+. The maximum absolute atomic E-state index is 12.5. The number of likely N-dealkylation sites (N-methyl/N-ethyl adjacent to an activating group) is 2. The molecule has 146 valence electrons. The van der Waals surface area contributed by atoms with Crippen molar-refractivity contribution in [3.05, 3.63) is 76.1 Å². The van der Waals surface area contributed by atoms with Gasteiger partial charge in [0.15, 0.2) is 5.43 Å². The van der Waals surface area contributed by atoms with Crippen LogP contribution in [0.4, 0.5) is 4.79 Å². The first-order chi connectivity index (χ1) is 14.0. The van der Waals surface area contributed by atoms with Gasteiger partial charge in [-0.05, 0) is 37.6 Å². The highest BCUT2D eigenvalue weighted by Gasteiger charge is 2.38. The van der Waals surface area contributed by atoms with Crippen LogP contribution in [0.25, 0.3) is 28.4 Å². The Hall–Kier alpha value is -3.67. The number of carbonyl (C=O) groups excluding carboxylic acids is 2. The average molecular weight is 388 g/mol. The summed E-state index contributed by atoms with van der Waals surface area (Å²) in [6.45, 7) is 4.38. The van der Waals surface area contributed by atoms with Gasteiger partial charge in [0.2, 0.25) is 0 Å². The van der Waals surface area contributed by atoms with E-state index in [2.05, 4.69) is 0 Å². The van der Waals surface area contributed by atoms with Crippen LogP contribution in [0, 0.1) is 0 Å². The molecule has 3 aromatic rings. The van der Waals surface area contributed by atoms with E-state index in [1.54, 1.807) is 31.2 Å². The normalized spacial score (nSPS) is 15.7. The fraction of sp³-hybridized carbons (Fsp3) is 0.174. The molecule has 1 fully saturated rings. The third-order valence-electron chi connectivity index (χ3n) is 4.98. The van der Waals surface area contributed by atoms with Gasteiger partial charge in [-0.15, -0.1) is 0 Å². The van der Waals surface area contributed by atoms with Crippen molar-refractivity contribution in [2.45, 2.75) is 13.8 Å². The molecule has 2 heterocycles. The largest absolute Gasteiger partial charge is 0.456 e. The van der Waals surface area contributed by atoms with Crippen molar-refractivity contribution < 1.29 is 14.0 Å². The van der Waals surface area contributed by atoms with Gasteiger partial charge in [0.05, 0.1) is 5.39 Å². The molecule has 29 heavy (non-hydrogen) atoms. The Morgan fingerprint density at radius 3 is 2.28 bits per heavy atom. The van der Waals surface area contributed by atoms with E-state index in [1.807, 2.05) is 37.3 Å². The smallest absolute Gasteiger partial charge is 0.331 e. The van der Waals surface area contributed by atoms with Gasteiger partial charge in [-0.3, -0.25) is 19.4 Å². The highest BCUT2D eigenvalue weighted by atomic mass is 16.3. The summed E-state index contributed by atoms with van der Waals surface area (Å²) in [6, 6.07) is 15.6. The minimum Gasteiger partial charge on any atom is -0.456 e. The lowest BCUT2D eigenvalue weighted by Crippen LogP contribution is -2.32. The van der Waals surface area contributed by atoms with Crippen LogP contribution in [-0.2, 0) is 4.79 Å². The summed E-state index contributed by atoms with van der Waals surface area (Å²) >= 11 is 0. The molecule has 4 rings (SSSR count). The van der Waals surface area contributed by atoms with Gasteiger partial charge in [-0.25, -0.2) is 4.79 Å². The van der Waals surface area contributed by atoms with Crippen LogP contribution in [0.3, 0.4) is 0 Å². The number of fused-ring (bicyclic) bond motifs is 1. The molecule has 0 aliphatic carbocycles. The summed E-state index contributed by atoms with van der Waals surface area (Å²) in [4.78, 5) is 39.8. The molecule has 1 saturated heterocycles. The molecule has 2 aromatic carbocycles. The zero-order chi connectivity index (χ0) is 20.5. The Morgan fingerprint density at radius 1 is 0.897 bits per heavy atom. The van der Waals surface area contributed by atoms with Crippen LogP contribution in [0.1, 0.15) is 19.4 Å². The van der Waals surface area contributed by atoms with Crippen LogP contribution in [0.2, 0.25) is 0 Å². The lowest BCUT2D eigenvalue weighted by Gasteiger charge is -2.13. The quantitative estimate of drug-likeness (QED) is 0.498. The third-order valence-corrected chi connectivity index (χ3v) is 4.98. The minimum absolute atomic E-state index is 0.0960. The van der Waals surface area contributed by atoms with Crippen molar-refractivity contribution in [1.29, 1.82) is 0 Å². The Labute approximate surface area is 167 Å². The summed E-state index contributed by atoms with van der Waals surface area (Å²) in [5.74, 6) is 0.191. The molecule has 6 nitrogen and oxygen atoms in total. The first-order valence-corrected chi connectivity index (χ1v) is 9.52. The summed E-state index contributed by atoms with van der Waals surface area (Å²) in [5.41, 5.74) is 2.34. The first-order valence-electron chi connectivity index (χ1n) is 9.52. The van der Waals surface area contributed by atoms with Crippen LogP contribution >= 0.6 is 0 Å². The van der Waals surface area contributed by atoms with E-state index in [0.29, 0.717) is 35.5 Å². The van der Waals surface area contributed by atoms with Gasteiger partial charge in [-0.2, -0.15) is 0 Å². The molecule has 6 heteroatoms. The molecule has 0 N–H and O–H groups in total. The Balaban J connectivity index is 1.68. The number of carbonyl (C=O) groups is 2. The Kier molecular flexibility index (Phi) is 4.76. The van der Waals surface area contributed by atoms with E-state index in [4.69, 9.17) is 4.42 Å². The number of nitrogens with zero attached hydrogens (tertiary/aromatic N) is 2. The molecule has 0 radical (unpaired) electrons. The van der Waals surface area contributed by atoms with E-state index in [9.17, 15) is 14.4 Å². The van der Waals surface area contributed by atoms with Crippen molar-refractivity contribution in [2.75, 3.05) is 13.1 Å². The number of benzene rings is 2. The van der Waals surface area contributed by atoms with E-state index >= 15 is 0 Å². The van der Waals surface area contributed by atoms with Crippen LogP contribution in [0.15, 0.2) is 69.5 Å². The monoisotopic (exact) mass is 388 g/mol. The molecule has 1 aromatic heterocycles. The van der Waals surface area contributed by atoms with Crippen molar-refractivity contribution in [2.24, 2.45) is 0 Å². The molecule has 0 atom stereocenters. The van der Waals surface area contributed by atoms with E-state index in [-0.39, 0.29) is 17.4 Å². The predicted molar refractivity (Wildman–Crippen MR) is 111 cm³/mol. The Bertz CT molecular complexity index is 1190. The molecule has 3 amide bonds. The second-order valence-electron chi connectivity index (χ2n) is 6.70. The number of hydrogen-bond donors (Lipinski definition) is 0. The van der Waals surface area contributed by atoms with Gasteiger partial charge in [0, 0.05) is 24.7 Å². The lowest BCUT2D eigenvalue weighted by atomic mass is 10.1. The van der Waals surface area contributed by atoms with Crippen LogP contribution in [-0.4, -0.2) is 34.8 Å². The fourth-order valence-electron chi connectivity index (χ4n) is 3.46. The topological polar surface area (TPSA) is 70.8 Å². The van der Waals surface area contributed by atoms with Gasteiger partial charge in [-0.1, -0.05) is 36.4 Å². The van der Waals surface area contributed by atoms with Gasteiger partial charge >= 0.3 is 6.03 Å². The molecular formula is C23H20N2O4. The van der Waals surface area contributed by atoms with E-state index in [1.165, 1.54) is 15.9 Å². The Morgan fingerprint density at radius 2 is 1.59 bits per heavy atom. The summed E-state index contributed by atoms with van der Waals surface area (Å²) < 4.78 is 5.87. The molecule has 1 aliphatic heterocycles. The number of para-hydroxylation sites is 1. The predicted octanol–water partition coefficient (Wildman–Crippen LogP) is 4.10. The highest BCUT2D eigenvalue weighted by molar-refractivity contribution is 6.13. The third kappa shape index (κ3) is 3.23. The second-order valence-corrected chi connectivity index (χ2v) is 6.70. The SMILES string of the molecule is CCN1C(=O)/C(=C\c2ccc(-c3cc(=O)c4ccccc4o3)cc2)N(CC)C1=O. The van der Waals surface area contributed by atoms with Crippen molar-refractivity contribution in [1.82, 2.24) is 9.80 Å². The zero-order valence-electron chi connectivity index (χ0n) is 16.2. The van der Waals surface area contributed by atoms with Gasteiger partial charge < -0.3 is 4.42 Å². The van der Waals surface area contributed by atoms with Gasteiger partial charge in [0.1, 0.15) is 17.0 Å². The summed E-state index contributed by atoms with van der Waals surface area (Å²) in [5, 5.41) is 0.544. The molecule has 0 unspecified atom stereocenters. The number of amides is 3. The molecular weight excluding hydrogens is 368 g/mol. The number of imide groups is 1. The molecule has 0 spiro atoms. The van der Waals surface area contributed by atoms with Crippen LogP contribution < -0.4 is 5.43 Å².